The molecule has 15 heavy (non-hydrogen) atoms. The first-order valence-electron chi connectivity index (χ1n) is 3.44. The summed E-state index contributed by atoms with van der Waals surface area (Å²) in [6.07, 6.45) is -7.64. The second-order valence-electron chi connectivity index (χ2n) is 2.49. The van der Waals surface area contributed by atoms with E-state index in [0.717, 1.165) is 0 Å². The zero-order chi connectivity index (χ0) is 11.8. The van der Waals surface area contributed by atoms with Crippen LogP contribution in [0.15, 0.2) is 6.07 Å². The van der Waals surface area contributed by atoms with Gasteiger partial charge in [0.15, 0.2) is 0 Å². The summed E-state index contributed by atoms with van der Waals surface area (Å²) in [5.41, 5.74) is -1.95. The van der Waals surface area contributed by atoms with Crippen LogP contribution < -0.4 is 0 Å². The zero-order valence-corrected chi connectivity index (χ0v) is 9.66. The van der Waals surface area contributed by atoms with Crippen LogP contribution in [0.4, 0.5) is 22.0 Å². The normalized spacial score (nSPS) is 12.3. The maximum Gasteiger partial charge on any atom is 0.418 e. The van der Waals surface area contributed by atoms with E-state index in [-0.39, 0.29) is 0 Å². The lowest BCUT2D eigenvalue weighted by molar-refractivity contribution is -0.138. The Kier molecular flexibility index (Phi) is 3.75. The van der Waals surface area contributed by atoms with E-state index in [4.69, 9.17) is 11.6 Å². The summed E-state index contributed by atoms with van der Waals surface area (Å²) in [6, 6.07) is 0.456. The first kappa shape index (κ1) is 12.9. The lowest BCUT2D eigenvalue weighted by Gasteiger charge is -2.11. The fourth-order valence-electron chi connectivity index (χ4n) is 0.831. The van der Waals surface area contributed by atoms with Crippen molar-refractivity contribution < 1.29 is 22.0 Å². The molecule has 1 aromatic rings. The fraction of sp³-hybridized carbons (Fsp3) is 0.286. The Labute approximate surface area is 99.8 Å². The van der Waals surface area contributed by atoms with Crippen LogP contribution >= 0.6 is 34.2 Å². The molecule has 0 atom stereocenters. The van der Waals surface area contributed by atoms with Gasteiger partial charge in [0.05, 0.1) is 10.6 Å². The third-order valence-corrected chi connectivity index (χ3v) is 2.59. The molecule has 1 aromatic heterocycles. The molecule has 1 heterocycles. The third-order valence-electron chi connectivity index (χ3n) is 1.47. The quantitative estimate of drug-likeness (QED) is 0.415. The molecule has 0 aliphatic rings. The van der Waals surface area contributed by atoms with Gasteiger partial charge in [-0.25, -0.2) is 13.8 Å². The van der Waals surface area contributed by atoms with E-state index in [2.05, 4.69) is 4.98 Å². The summed E-state index contributed by atoms with van der Waals surface area (Å²) in [6.45, 7) is 0. The molecule has 0 aromatic carbocycles. The second-order valence-corrected chi connectivity index (χ2v) is 3.92. The highest BCUT2D eigenvalue weighted by Crippen LogP contribution is 2.36. The number of nitrogens with zero attached hydrogens (tertiary/aromatic N) is 1. The molecule has 0 aliphatic carbocycles. The molecule has 0 fully saturated rings. The highest BCUT2D eigenvalue weighted by Gasteiger charge is 2.35. The summed E-state index contributed by atoms with van der Waals surface area (Å²) in [5, 5.41) is -0.683. The SMILES string of the molecule is FC(F)c1nc(I)c(C(F)(F)F)cc1Cl. The molecule has 0 spiro atoms. The average molecular weight is 357 g/mol. The van der Waals surface area contributed by atoms with Crippen molar-refractivity contribution in [2.24, 2.45) is 0 Å². The Bertz CT molecular complexity index is 378. The number of hydrogen-bond acceptors (Lipinski definition) is 1. The van der Waals surface area contributed by atoms with Gasteiger partial charge in [0, 0.05) is 0 Å². The first-order chi connectivity index (χ1) is 6.73. The van der Waals surface area contributed by atoms with Crippen LogP contribution in [0.5, 0.6) is 0 Å². The van der Waals surface area contributed by atoms with Crippen molar-refractivity contribution in [3.8, 4) is 0 Å². The molecular formula is C7H2ClF5IN. The lowest BCUT2D eigenvalue weighted by Crippen LogP contribution is -2.10. The zero-order valence-electron chi connectivity index (χ0n) is 6.75. The molecule has 84 valence electrons. The van der Waals surface area contributed by atoms with Gasteiger partial charge in [-0.2, -0.15) is 13.2 Å². The van der Waals surface area contributed by atoms with E-state index in [1.165, 1.54) is 22.6 Å². The Balaban J connectivity index is 3.32. The largest absolute Gasteiger partial charge is 0.418 e. The number of hydrogen-bond donors (Lipinski definition) is 0. The maximum absolute atomic E-state index is 12.3. The smallest absolute Gasteiger partial charge is 0.239 e. The van der Waals surface area contributed by atoms with Crippen molar-refractivity contribution in [1.82, 2.24) is 4.98 Å². The van der Waals surface area contributed by atoms with E-state index >= 15 is 0 Å². The van der Waals surface area contributed by atoms with E-state index in [9.17, 15) is 22.0 Å². The molecule has 0 saturated heterocycles. The van der Waals surface area contributed by atoms with Crippen molar-refractivity contribution in [2.45, 2.75) is 12.6 Å². The molecule has 0 saturated carbocycles. The Morgan fingerprint density at radius 3 is 2.27 bits per heavy atom. The van der Waals surface area contributed by atoms with Crippen LogP contribution in [0.3, 0.4) is 0 Å². The Morgan fingerprint density at radius 2 is 1.87 bits per heavy atom. The predicted molar refractivity (Wildman–Crippen MR) is 51.9 cm³/mol. The Morgan fingerprint density at radius 1 is 1.33 bits per heavy atom. The number of pyridine rings is 1. The fourth-order valence-corrected chi connectivity index (χ4v) is 1.79. The third kappa shape index (κ3) is 2.90. The molecule has 1 nitrogen and oxygen atoms in total. The predicted octanol–water partition coefficient (Wildman–Crippen LogP) is 4.30. The number of halogens is 7. The first-order valence-corrected chi connectivity index (χ1v) is 4.90. The molecule has 0 N–H and O–H groups in total. The molecule has 0 unspecified atom stereocenters. The van der Waals surface area contributed by atoms with Crippen LogP contribution in [0.1, 0.15) is 17.7 Å². The van der Waals surface area contributed by atoms with Gasteiger partial charge in [-0.05, 0) is 28.7 Å². The van der Waals surface area contributed by atoms with Crippen LogP contribution in [0, 0.1) is 3.70 Å². The molecule has 0 bridgehead atoms. The number of alkyl halides is 5. The van der Waals surface area contributed by atoms with E-state index in [0.29, 0.717) is 6.07 Å². The topological polar surface area (TPSA) is 12.9 Å². The van der Waals surface area contributed by atoms with Crippen molar-refractivity contribution in [3.63, 3.8) is 0 Å². The van der Waals surface area contributed by atoms with Crippen LogP contribution in [0.2, 0.25) is 5.02 Å². The van der Waals surface area contributed by atoms with Crippen molar-refractivity contribution in [1.29, 1.82) is 0 Å². The summed E-state index contributed by atoms with van der Waals surface area (Å²) in [5.74, 6) is 0. The molecular weight excluding hydrogens is 355 g/mol. The number of aromatic nitrogens is 1. The minimum Gasteiger partial charge on any atom is -0.239 e. The standard InChI is InChI=1S/C7H2ClF5IN/c8-3-1-2(7(11,12)13)6(14)15-4(3)5(9)10/h1,5H. The van der Waals surface area contributed by atoms with E-state index < -0.39 is 32.6 Å². The van der Waals surface area contributed by atoms with Gasteiger partial charge in [-0.3, -0.25) is 0 Å². The highest BCUT2D eigenvalue weighted by molar-refractivity contribution is 14.1. The summed E-state index contributed by atoms with van der Waals surface area (Å²) < 4.78 is 60.7. The van der Waals surface area contributed by atoms with Crippen LogP contribution in [0.25, 0.3) is 0 Å². The molecule has 8 heteroatoms. The average Bonchev–Trinajstić information content (AvgIpc) is 2.06. The van der Waals surface area contributed by atoms with Crippen molar-refractivity contribution in [2.75, 3.05) is 0 Å². The lowest BCUT2D eigenvalue weighted by atomic mass is 10.2. The van der Waals surface area contributed by atoms with Gasteiger partial charge in [-0.1, -0.05) is 11.6 Å². The second kappa shape index (κ2) is 4.36. The molecule has 0 aliphatic heterocycles. The van der Waals surface area contributed by atoms with Gasteiger partial charge >= 0.3 is 6.18 Å². The summed E-state index contributed by atoms with van der Waals surface area (Å²) in [7, 11) is 0. The summed E-state index contributed by atoms with van der Waals surface area (Å²) in [4.78, 5) is 3.12. The number of rotatable bonds is 1. The van der Waals surface area contributed by atoms with Gasteiger partial charge in [0.25, 0.3) is 6.43 Å². The van der Waals surface area contributed by atoms with Gasteiger partial charge in [-0.15, -0.1) is 0 Å². The van der Waals surface area contributed by atoms with Crippen molar-refractivity contribution in [3.05, 3.63) is 26.0 Å². The highest BCUT2D eigenvalue weighted by atomic mass is 127. The van der Waals surface area contributed by atoms with Crippen LogP contribution in [-0.2, 0) is 6.18 Å². The molecule has 0 amide bonds. The minimum atomic E-state index is -4.65. The monoisotopic (exact) mass is 357 g/mol. The van der Waals surface area contributed by atoms with E-state index in [1.807, 2.05) is 0 Å². The van der Waals surface area contributed by atoms with Crippen LogP contribution in [-0.4, -0.2) is 4.98 Å². The van der Waals surface area contributed by atoms with Crippen molar-refractivity contribution >= 4 is 34.2 Å². The maximum atomic E-state index is 12.3. The van der Waals surface area contributed by atoms with E-state index in [1.54, 1.807) is 0 Å². The van der Waals surface area contributed by atoms with Gasteiger partial charge in [0.2, 0.25) is 0 Å². The molecule has 0 radical (unpaired) electrons. The van der Waals surface area contributed by atoms with Gasteiger partial charge in [0.1, 0.15) is 9.39 Å². The van der Waals surface area contributed by atoms with Gasteiger partial charge < -0.3 is 0 Å². The Hall–Kier alpha value is -0.180. The summed E-state index contributed by atoms with van der Waals surface area (Å²) >= 11 is 6.49. The minimum absolute atomic E-state index is 0.456. The molecule has 1 rings (SSSR count).